The highest BCUT2D eigenvalue weighted by atomic mass is 127. The van der Waals surface area contributed by atoms with Gasteiger partial charge in [0.15, 0.2) is 5.96 Å². The summed E-state index contributed by atoms with van der Waals surface area (Å²) < 4.78 is 22.4. The topological polar surface area (TPSA) is 102 Å². The molecule has 0 saturated carbocycles. The molecular formula is C15H25IN4O2S. The van der Waals surface area contributed by atoms with Crippen LogP contribution in [0.4, 0.5) is 0 Å². The molecule has 1 aromatic rings. The first-order chi connectivity index (χ1) is 10.5. The van der Waals surface area contributed by atoms with Crippen molar-refractivity contribution in [2.24, 2.45) is 15.9 Å². The smallest absolute Gasteiger partial charge is 0.238 e. The molecule has 0 atom stereocenters. The number of aliphatic imine (C=N–C) groups is 1. The van der Waals surface area contributed by atoms with E-state index >= 15 is 0 Å². The summed E-state index contributed by atoms with van der Waals surface area (Å²) in [5.74, 6) is 0.614. The Labute approximate surface area is 155 Å². The average molecular weight is 452 g/mol. The van der Waals surface area contributed by atoms with Gasteiger partial charge in [-0.3, -0.25) is 4.99 Å². The van der Waals surface area contributed by atoms with E-state index in [9.17, 15) is 8.42 Å². The Balaban J connectivity index is 0.00000264. The molecule has 1 aliphatic rings. The second-order valence-corrected chi connectivity index (χ2v) is 7.14. The molecule has 23 heavy (non-hydrogen) atoms. The van der Waals surface area contributed by atoms with Crippen LogP contribution in [0.15, 0.2) is 34.2 Å². The van der Waals surface area contributed by atoms with Crippen molar-refractivity contribution in [1.82, 2.24) is 4.90 Å². The molecule has 1 aliphatic heterocycles. The van der Waals surface area contributed by atoms with Gasteiger partial charge >= 0.3 is 0 Å². The monoisotopic (exact) mass is 452 g/mol. The third-order valence-electron chi connectivity index (χ3n) is 3.86. The molecule has 1 heterocycles. The number of nitrogens with zero attached hydrogens (tertiary/aromatic N) is 2. The summed E-state index contributed by atoms with van der Waals surface area (Å²) in [6, 6.07) is 6.56. The van der Waals surface area contributed by atoms with Crippen LogP contribution < -0.4 is 10.9 Å². The standard InChI is InChI=1S/C15H24N4O2S.HI/c16-15(19-11-3-1-2-4-12-19)18-10-9-13-5-7-14(8-6-13)22(17,20)21;/h5-8H,1-4,9-12H2,(H2,16,18)(H2,17,20,21);1H. The van der Waals surface area contributed by atoms with Gasteiger partial charge in [-0.2, -0.15) is 0 Å². The van der Waals surface area contributed by atoms with Gasteiger partial charge in [0.05, 0.1) is 4.90 Å². The zero-order valence-electron chi connectivity index (χ0n) is 13.1. The van der Waals surface area contributed by atoms with Gasteiger partial charge in [0.2, 0.25) is 10.0 Å². The lowest BCUT2D eigenvalue weighted by Gasteiger charge is -2.21. The Hall–Kier alpha value is -0.870. The quantitative estimate of drug-likeness (QED) is 0.412. The van der Waals surface area contributed by atoms with E-state index in [0.29, 0.717) is 12.5 Å². The Morgan fingerprint density at radius 2 is 1.65 bits per heavy atom. The summed E-state index contributed by atoms with van der Waals surface area (Å²) in [6.45, 7) is 2.56. The van der Waals surface area contributed by atoms with Gasteiger partial charge < -0.3 is 10.6 Å². The molecule has 1 saturated heterocycles. The second kappa shape index (κ2) is 9.43. The molecule has 0 aromatic heterocycles. The van der Waals surface area contributed by atoms with Gasteiger partial charge in [-0.1, -0.05) is 25.0 Å². The summed E-state index contributed by atoms with van der Waals surface area (Å²) in [6.07, 6.45) is 5.59. The van der Waals surface area contributed by atoms with Gasteiger partial charge in [-0.25, -0.2) is 13.6 Å². The number of halogens is 1. The zero-order valence-corrected chi connectivity index (χ0v) is 16.3. The number of sulfonamides is 1. The number of primary sulfonamides is 1. The number of hydrogen-bond acceptors (Lipinski definition) is 3. The van der Waals surface area contributed by atoms with E-state index in [1.54, 1.807) is 12.1 Å². The maximum absolute atomic E-state index is 11.2. The Morgan fingerprint density at radius 1 is 1.09 bits per heavy atom. The lowest BCUT2D eigenvalue weighted by Crippen LogP contribution is -2.38. The summed E-state index contributed by atoms with van der Waals surface area (Å²) in [4.78, 5) is 6.71. The molecule has 0 amide bonds. The normalized spacial score (nSPS) is 16.6. The third-order valence-corrected chi connectivity index (χ3v) is 4.79. The SMILES string of the molecule is I.NC(=NCCc1ccc(S(N)(=O)=O)cc1)N1CCCCCC1. The fourth-order valence-electron chi connectivity index (χ4n) is 2.55. The van der Waals surface area contributed by atoms with Crippen molar-refractivity contribution in [3.05, 3.63) is 29.8 Å². The van der Waals surface area contributed by atoms with Gasteiger partial charge in [0, 0.05) is 19.6 Å². The number of hydrogen-bond donors (Lipinski definition) is 2. The zero-order chi connectivity index (χ0) is 16.0. The molecule has 0 unspecified atom stereocenters. The first-order valence-corrected chi connectivity index (χ1v) is 9.18. The van der Waals surface area contributed by atoms with Gasteiger partial charge in [-0.05, 0) is 37.0 Å². The van der Waals surface area contributed by atoms with Crippen LogP contribution in [0.25, 0.3) is 0 Å². The van der Waals surface area contributed by atoms with Crippen LogP contribution >= 0.6 is 24.0 Å². The minimum Gasteiger partial charge on any atom is -0.370 e. The number of benzene rings is 1. The van der Waals surface area contributed by atoms with Crippen molar-refractivity contribution < 1.29 is 8.42 Å². The third kappa shape index (κ3) is 6.64. The van der Waals surface area contributed by atoms with Crippen molar-refractivity contribution in [2.75, 3.05) is 19.6 Å². The minimum absolute atomic E-state index is 0. The molecule has 4 N–H and O–H groups in total. The van der Waals surface area contributed by atoms with E-state index in [0.717, 1.165) is 25.1 Å². The van der Waals surface area contributed by atoms with Crippen molar-refractivity contribution in [2.45, 2.75) is 37.0 Å². The summed E-state index contributed by atoms with van der Waals surface area (Å²) in [5.41, 5.74) is 7.06. The number of nitrogens with two attached hydrogens (primary N) is 2. The fourth-order valence-corrected chi connectivity index (χ4v) is 3.06. The van der Waals surface area contributed by atoms with Crippen molar-refractivity contribution in [1.29, 1.82) is 0 Å². The van der Waals surface area contributed by atoms with Gasteiger partial charge in [-0.15, -0.1) is 24.0 Å². The number of likely N-dealkylation sites (tertiary alicyclic amines) is 1. The second-order valence-electron chi connectivity index (χ2n) is 5.58. The van der Waals surface area contributed by atoms with Gasteiger partial charge in [0.25, 0.3) is 0 Å². The van der Waals surface area contributed by atoms with Gasteiger partial charge in [0.1, 0.15) is 0 Å². The summed E-state index contributed by atoms with van der Waals surface area (Å²) in [7, 11) is -3.63. The van der Waals surface area contributed by atoms with Crippen LogP contribution in [-0.2, 0) is 16.4 Å². The van der Waals surface area contributed by atoms with E-state index < -0.39 is 10.0 Å². The minimum atomic E-state index is -3.63. The Morgan fingerprint density at radius 3 is 2.17 bits per heavy atom. The predicted molar refractivity (Wildman–Crippen MR) is 103 cm³/mol. The Kier molecular flexibility index (Phi) is 8.27. The average Bonchev–Trinajstić information content (AvgIpc) is 2.76. The molecule has 1 aromatic carbocycles. The van der Waals surface area contributed by atoms with Crippen LogP contribution in [0.1, 0.15) is 31.2 Å². The van der Waals surface area contributed by atoms with E-state index in [4.69, 9.17) is 10.9 Å². The summed E-state index contributed by atoms with van der Waals surface area (Å²) >= 11 is 0. The maximum atomic E-state index is 11.2. The molecule has 0 bridgehead atoms. The van der Waals surface area contributed by atoms with E-state index in [2.05, 4.69) is 9.89 Å². The first kappa shape index (κ1) is 20.2. The van der Waals surface area contributed by atoms with Crippen molar-refractivity contribution in [3.8, 4) is 0 Å². The van der Waals surface area contributed by atoms with Crippen molar-refractivity contribution in [3.63, 3.8) is 0 Å². The van der Waals surface area contributed by atoms with Crippen LogP contribution in [0, 0.1) is 0 Å². The number of guanidine groups is 1. The van der Waals surface area contributed by atoms with E-state index in [1.165, 1.54) is 37.8 Å². The number of rotatable bonds is 4. The molecule has 1 fully saturated rings. The van der Waals surface area contributed by atoms with Crippen LogP contribution in [0.3, 0.4) is 0 Å². The first-order valence-electron chi connectivity index (χ1n) is 7.63. The van der Waals surface area contributed by atoms with E-state index in [1.807, 2.05) is 0 Å². The largest absolute Gasteiger partial charge is 0.370 e. The maximum Gasteiger partial charge on any atom is 0.238 e. The van der Waals surface area contributed by atoms with Crippen LogP contribution in [-0.4, -0.2) is 38.9 Å². The molecule has 8 heteroatoms. The lowest BCUT2D eigenvalue weighted by molar-refractivity contribution is 0.428. The predicted octanol–water partition coefficient (Wildman–Crippen LogP) is 1.69. The highest BCUT2D eigenvalue weighted by Crippen LogP contribution is 2.10. The highest BCUT2D eigenvalue weighted by molar-refractivity contribution is 14.0. The molecule has 2 rings (SSSR count). The van der Waals surface area contributed by atoms with Crippen LogP contribution in [0.5, 0.6) is 0 Å². The molecule has 0 spiro atoms. The van der Waals surface area contributed by atoms with Crippen molar-refractivity contribution >= 4 is 40.0 Å². The molecule has 0 aliphatic carbocycles. The molecule has 0 radical (unpaired) electrons. The van der Waals surface area contributed by atoms with Crippen LogP contribution in [0.2, 0.25) is 0 Å². The fraction of sp³-hybridized carbons (Fsp3) is 0.533. The Bertz CT molecular complexity index is 609. The summed E-state index contributed by atoms with van der Waals surface area (Å²) in [5, 5.41) is 5.07. The lowest BCUT2D eigenvalue weighted by atomic mass is 10.1. The highest BCUT2D eigenvalue weighted by Gasteiger charge is 2.10. The molecular weight excluding hydrogens is 427 g/mol. The molecule has 6 nitrogen and oxygen atoms in total. The van der Waals surface area contributed by atoms with E-state index in [-0.39, 0.29) is 28.9 Å². The molecule has 130 valence electrons.